The molecule has 88 valence electrons. The van der Waals surface area contributed by atoms with Crippen LogP contribution in [0.3, 0.4) is 0 Å². The molecule has 0 saturated heterocycles. The van der Waals surface area contributed by atoms with Crippen LogP contribution in [0.1, 0.15) is 21.1 Å². The fraction of sp³-hybridized carbons (Fsp3) is 0.182. The Labute approximate surface area is 102 Å². The number of carbonyl (C=O) groups is 1. The summed E-state index contributed by atoms with van der Waals surface area (Å²) in [5, 5.41) is 11.9. The Bertz CT molecular complexity index is 539. The van der Waals surface area contributed by atoms with Crippen molar-refractivity contribution in [3.63, 3.8) is 0 Å². The van der Waals surface area contributed by atoms with Crippen LogP contribution < -0.4 is 5.32 Å². The fourth-order valence-corrected chi connectivity index (χ4v) is 2.04. The van der Waals surface area contributed by atoms with E-state index in [0.29, 0.717) is 12.4 Å². The first kappa shape index (κ1) is 11.5. The molecule has 17 heavy (non-hydrogen) atoms. The van der Waals surface area contributed by atoms with Gasteiger partial charge in [0.1, 0.15) is 5.82 Å². The summed E-state index contributed by atoms with van der Waals surface area (Å²) in [5.41, 5.74) is 2.81. The highest BCUT2D eigenvalue weighted by Gasteiger charge is 2.06. The van der Waals surface area contributed by atoms with E-state index < -0.39 is 5.97 Å². The minimum Gasteiger partial charge on any atom is -0.477 e. The van der Waals surface area contributed by atoms with Gasteiger partial charge in [0.25, 0.3) is 0 Å². The molecule has 0 unspecified atom stereocenters. The van der Waals surface area contributed by atoms with Crippen LogP contribution in [0, 0.1) is 6.92 Å². The zero-order valence-corrected chi connectivity index (χ0v) is 9.99. The molecule has 0 saturated carbocycles. The van der Waals surface area contributed by atoms with E-state index in [0.717, 1.165) is 10.6 Å². The predicted octanol–water partition coefficient (Wildman–Crippen LogP) is 2.16. The second-order valence-electron chi connectivity index (χ2n) is 3.43. The number of aromatic nitrogens is 2. The molecule has 0 radical (unpaired) electrons. The van der Waals surface area contributed by atoms with Crippen molar-refractivity contribution < 1.29 is 9.90 Å². The molecular weight excluding hydrogens is 238 g/mol. The van der Waals surface area contributed by atoms with Crippen LogP contribution in [0.15, 0.2) is 23.7 Å². The Balaban J connectivity index is 2.07. The molecule has 0 aliphatic carbocycles. The molecule has 0 aliphatic rings. The number of aromatic carboxylic acids is 1. The van der Waals surface area contributed by atoms with Crippen molar-refractivity contribution in [2.75, 3.05) is 5.32 Å². The van der Waals surface area contributed by atoms with Crippen LogP contribution in [-0.2, 0) is 6.54 Å². The molecule has 2 heterocycles. The minimum absolute atomic E-state index is 0.0380. The predicted molar refractivity (Wildman–Crippen MR) is 65.4 cm³/mol. The van der Waals surface area contributed by atoms with Crippen molar-refractivity contribution in [2.24, 2.45) is 0 Å². The zero-order chi connectivity index (χ0) is 12.3. The summed E-state index contributed by atoms with van der Waals surface area (Å²) in [7, 11) is 0. The van der Waals surface area contributed by atoms with Gasteiger partial charge >= 0.3 is 5.97 Å². The molecule has 2 aromatic heterocycles. The first-order chi connectivity index (χ1) is 8.16. The van der Waals surface area contributed by atoms with Gasteiger partial charge in [0, 0.05) is 4.88 Å². The van der Waals surface area contributed by atoms with E-state index in [9.17, 15) is 4.79 Å². The van der Waals surface area contributed by atoms with Gasteiger partial charge in [0.2, 0.25) is 0 Å². The lowest BCUT2D eigenvalue weighted by Crippen LogP contribution is -2.05. The number of nitrogens with one attached hydrogen (secondary N) is 1. The number of nitrogens with zero attached hydrogens (tertiary/aromatic N) is 2. The molecule has 2 rings (SSSR count). The fourth-order valence-electron chi connectivity index (χ4n) is 1.32. The highest BCUT2D eigenvalue weighted by Crippen LogP contribution is 2.14. The van der Waals surface area contributed by atoms with E-state index >= 15 is 0 Å². The average Bonchev–Trinajstić information content (AvgIpc) is 2.72. The lowest BCUT2D eigenvalue weighted by Gasteiger charge is -2.04. The lowest BCUT2D eigenvalue weighted by molar-refractivity contribution is 0.0690. The number of pyridine rings is 1. The smallest absolute Gasteiger partial charge is 0.354 e. The third kappa shape index (κ3) is 2.79. The van der Waals surface area contributed by atoms with E-state index in [1.165, 1.54) is 6.07 Å². The number of hydrogen-bond acceptors (Lipinski definition) is 5. The van der Waals surface area contributed by atoms with E-state index in [4.69, 9.17) is 5.11 Å². The monoisotopic (exact) mass is 249 g/mol. The van der Waals surface area contributed by atoms with E-state index in [-0.39, 0.29) is 5.69 Å². The van der Waals surface area contributed by atoms with Crippen LogP contribution in [0.5, 0.6) is 0 Å². The van der Waals surface area contributed by atoms with E-state index in [1.807, 2.05) is 6.92 Å². The van der Waals surface area contributed by atoms with Gasteiger partial charge in [-0.2, -0.15) is 0 Å². The maximum atomic E-state index is 10.7. The molecule has 5 nitrogen and oxygen atoms in total. The minimum atomic E-state index is -1.03. The SMILES string of the molecule is Cc1ncsc1CNc1cccc(C(=O)O)n1. The van der Waals surface area contributed by atoms with E-state index in [1.54, 1.807) is 29.0 Å². The molecule has 2 aromatic rings. The molecule has 0 bridgehead atoms. The van der Waals surface area contributed by atoms with Crippen LogP contribution >= 0.6 is 11.3 Å². The topological polar surface area (TPSA) is 75.1 Å². The first-order valence-electron chi connectivity index (χ1n) is 5.00. The third-order valence-corrected chi connectivity index (χ3v) is 3.18. The Morgan fingerprint density at radius 3 is 3.00 bits per heavy atom. The van der Waals surface area contributed by atoms with Crippen LogP contribution in [0.2, 0.25) is 0 Å². The van der Waals surface area contributed by atoms with Gasteiger partial charge in [0.15, 0.2) is 5.69 Å². The molecular formula is C11H11N3O2S. The summed E-state index contributed by atoms with van der Waals surface area (Å²) in [6, 6.07) is 4.87. The van der Waals surface area contributed by atoms with Gasteiger partial charge in [-0.25, -0.2) is 14.8 Å². The zero-order valence-electron chi connectivity index (χ0n) is 9.17. The van der Waals surface area contributed by atoms with Crippen molar-refractivity contribution in [1.82, 2.24) is 9.97 Å². The summed E-state index contributed by atoms with van der Waals surface area (Å²) >= 11 is 1.56. The number of anilines is 1. The molecule has 0 aromatic carbocycles. The average molecular weight is 249 g/mol. The number of aryl methyl sites for hydroxylation is 1. The first-order valence-corrected chi connectivity index (χ1v) is 5.88. The highest BCUT2D eigenvalue weighted by molar-refractivity contribution is 7.09. The number of carboxylic acids is 1. The Kier molecular flexibility index (Phi) is 3.34. The van der Waals surface area contributed by atoms with Gasteiger partial charge in [0.05, 0.1) is 17.7 Å². The van der Waals surface area contributed by atoms with Crippen LogP contribution in [0.25, 0.3) is 0 Å². The van der Waals surface area contributed by atoms with Crippen molar-refractivity contribution in [2.45, 2.75) is 13.5 Å². The number of hydrogen-bond donors (Lipinski definition) is 2. The number of thiazole rings is 1. The molecule has 0 spiro atoms. The van der Waals surface area contributed by atoms with E-state index in [2.05, 4.69) is 15.3 Å². The van der Waals surface area contributed by atoms with Crippen LogP contribution in [0.4, 0.5) is 5.82 Å². The number of carboxylic acid groups (broad SMARTS) is 1. The van der Waals surface area contributed by atoms with Crippen molar-refractivity contribution in [3.8, 4) is 0 Å². The molecule has 0 fully saturated rings. The van der Waals surface area contributed by atoms with Crippen molar-refractivity contribution in [3.05, 3.63) is 40.0 Å². The molecule has 0 aliphatic heterocycles. The molecule has 0 atom stereocenters. The summed E-state index contributed by atoms with van der Waals surface area (Å²) in [4.78, 5) is 20.0. The second kappa shape index (κ2) is 4.92. The van der Waals surface area contributed by atoms with Gasteiger partial charge in [-0.05, 0) is 19.1 Å². The van der Waals surface area contributed by atoms with Gasteiger partial charge in [-0.1, -0.05) is 6.07 Å². The van der Waals surface area contributed by atoms with Crippen molar-refractivity contribution in [1.29, 1.82) is 0 Å². The lowest BCUT2D eigenvalue weighted by atomic mass is 10.3. The molecule has 0 amide bonds. The highest BCUT2D eigenvalue weighted by atomic mass is 32.1. The normalized spacial score (nSPS) is 10.2. The Hall–Kier alpha value is -1.95. The maximum Gasteiger partial charge on any atom is 0.354 e. The van der Waals surface area contributed by atoms with Gasteiger partial charge in [-0.15, -0.1) is 11.3 Å². The third-order valence-electron chi connectivity index (χ3n) is 2.24. The largest absolute Gasteiger partial charge is 0.477 e. The summed E-state index contributed by atoms with van der Waals surface area (Å²) < 4.78 is 0. The van der Waals surface area contributed by atoms with Gasteiger partial charge < -0.3 is 10.4 Å². The quantitative estimate of drug-likeness (QED) is 0.868. The number of rotatable bonds is 4. The van der Waals surface area contributed by atoms with Crippen molar-refractivity contribution >= 4 is 23.1 Å². The Morgan fingerprint density at radius 1 is 1.53 bits per heavy atom. The summed E-state index contributed by atoms with van der Waals surface area (Å²) in [6.45, 7) is 2.54. The molecule has 6 heteroatoms. The molecule has 2 N–H and O–H groups in total. The standard InChI is InChI=1S/C11H11N3O2S/c1-7-9(17-6-13-7)5-12-10-4-2-3-8(14-10)11(15)16/h2-4,6H,5H2,1H3,(H,12,14)(H,15,16). The van der Waals surface area contributed by atoms with Gasteiger partial charge in [-0.3, -0.25) is 0 Å². The summed E-state index contributed by atoms with van der Waals surface area (Å²) in [5.74, 6) is -0.472. The summed E-state index contributed by atoms with van der Waals surface area (Å²) in [6.07, 6.45) is 0. The Morgan fingerprint density at radius 2 is 2.35 bits per heavy atom. The maximum absolute atomic E-state index is 10.7. The van der Waals surface area contributed by atoms with Crippen LogP contribution in [-0.4, -0.2) is 21.0 Å². The second-order valence-corrected chi connectivity index (χ2v) is 4.37.